The van der Waals surface area contributed by atoms with Crippen molar-refractivity contribution in [2.75, 3.05) is 6.66 Å². The molecule has 0 aromatic heterocycles. The van der Waals surface area contributed by atoms with E-state index in [1.165, 1.54) is 6.92 Å². The summed E-state index contributed by atoms with van der Waals surface area (Å²) in [7, 11) is -3.75. The van der Waals surface area contributed by atoms with Gasteiger partial charge < -0.3 is 10.00 Å². The predicted octanol–water partition coefficient (Wildman–Crippen LogP) is -0.125. The molecule has 0 aromatic carbocycles. The van der Waals surface area contributed by atoms with Gasteiger partial charge in [0.2, 0.25) is 5.52 Å². The third-order valence-corrected chi connectivity index (χ3v) is 2.47. The van der Waals surface area contributed by atoms with E-state index in [0.29, 0.717) is 0 Å². The first-order chi connectivity index (χ1) is 5.25. The van der Waals surface area contributed by atoms with Crippen LogP contribution in [-0.4, -0.2) is 47.0 Å². The molecule has 0 fully saturated rings. The number of hydrogen-bond donors (Lipinski definition) is 2. The molecule has 0 aliphatic heterocycles. The van der Waals surface area contributed by atoms with Crippen LogP contribution in [0.5, 0.6) is 0 Å². The summed E-state index contributed by atoms with van der Waals surface area (Å²) in [6.07, 6.45) is -0.389. The Morgan fingerprint density at radius 2 is 1.85 bits per heavy atom. The molecule has 0 aliphatic rings. The van der Waals surface area contributed by atoms with E-state index in [0.717, 1.165) is 6.66 Å². The average molecular weight is 202 g/mol. The maximum absolute atomic E-state index is 10.8. The van der Waals surface area contributed by atoms with E-state index in [2.05, 4.69) is 0 Å². The summed E-state index contributed by atoms with van der Waals surface area (Å²) in [5.41, 5.74) is -0.891. The number of carbonyl (C=O) groups is 2. The van der Waals surface area contributed by atoms with Crippen molar-refractivity contribution in [2.24, 2.45) is 5.92 Å². The summed E-state index contributed by atoms with van der Waals surface area (Å²) in [6, 6.07) is 0. The van der Waals surface area contributed by atoms with Crippen molar-refractivity contribution in [2.45, 2.75) is 13.3 Å². The minimum atomic E-state index is -3.75. The standard InChI is InChI=1S/C6H11O5P.Li.H/c1-4(6(8)9)3-5(7)12(2,10)11;;/h4H,3H2,1-2H3,(H,8,9)(H,10,11);;. The van der Waals surface area contributed by atoms with Crippen molar-refractivity contribution in [3.8, 4) is 0 Å². The summed E-state index contributed by atoms with van der Waals surface area (Å²) < 4.78 is 10.7. The fourth-order valence-corrected chi connectivity index (χ4v) is 1.13. The number of carbonyl (C=O) groups excluding carboxylic acids is 1. The molecule has 13 heavy (non-hydrogen) atoms. The zero-order chi connectivity index (χ0) is 9.94. The van der Waals surface area contributed by atoms with Gasteiger partial charge in [-0.25, -0.2) is 0 Å². The van der Waals surface area contributed by atoms with Crippen LogP contribution in [0.15, 0.2) is 0 Å². The first-order valence-corrected chi connectivity index (χ1v) is 5.42. The van der Waals surface area contributed by atoms with E-state index in [4.69, 9.17) is 10.00 Å². The molecule has 0 spiro atoms. The third-order valence-electron chi connectivity index (χ3n) is 1.37. The normalized spacial score (nSPS) is 16.5. The zero-order valence-corrected chi connectivity index (χ0v) is 7.75. The number of carboxylic acid groups (broad SMARTS) is 1. The van der Waals surface area contributed by atoms with Gasteiger partial charge in [-0.2, -0.15) is 0 Å². The predicted molar refractivity (Wildman–Crippen MR) is 49.3 cm³/mol. The van der Waals surface area contributed by atoms with Gasteiger partial charge in [-0.1, -0.05) is 6.92 Å². The summed E-state index contributed by atoms with van der Waals surface area (Å²) >= 11 is 0. The molecule has 0 saturated heterocycles. The average Bonchev–Trinajstić information content (AvgIpc) is 1.85. The molecule has 0 radical (unpaired) electrons. The molecule has 0 aromatic rings. The minimum absolute atomic E-state index is 0. The molecule has 2 atom stereocenters. The van der Waals surface area contributed by atoms with Crippen LogP contribution >= 0.6 is 7.37 Å². The molecule has 0 aliphatic carbocycles. The molecule has 2 unspecified atom stereocenters. The fourth-order valence-electron chi connectivity index (χ4n) is 0.519. The van der Waals surface area contributed by atoms with Crippen molar-refractivity contribution < 1.29 is 24.2 Å². The van der Waals surface area contributed by atoms with E-state index < -0.39 is 24.8 Å². The van der Waals surface area contributed by atoms with Crippen molar-refractivity contribution >= 4 is 37.7 Å². The first-order valence-electron chi connectivity index (χ1n) is 3.31. The molecule has 0 amide bonds. The number of rotatable bonds is 4. The Hall–Kier alpha value is -0.0726. The van der Waals surface area contributed by atoms with E-state index in [9.17, 15) is 14.2 Å². The molecule has 0 saturated carbocycles. The second kappa shape index (κ2) is 5.61. The number of carboxylic acids is 1. The first kappa shape index (κ1) is 15.4. The summed E-state index contributed by atoms with van der Waals surface area (Å²) in [6.45, 7) is 2.22. The zero-order valence-electron chi connectivity index (χ0n) is 6.85. The third kappa shape index (κ3) is 6.06. The van der Waals surface area contributed by atoms with Gasteiger partial charge in [0.05, 0.1) is 5.92 Å². The van der Waals surface area contributed by atoms with Crippen molar-refractivity contribution in [1.82, 2.24) is 0 Å². The van der Waals surface area contributed by atoms with Gasteiger partial charge in [-0.05, 0) is 0 Å². The van der Waals surface area contributed by atoms with E-state index in [1.807, 2.05) is 0 Å². The van der Waals surface area contributed by atoms with Crippen molar-refractivity contribution in [1.29, 1.82) is 0 Å². The van der Waals surface area contributed by atoms with Gasteiger partial charge in [0.15, 0.2) is 0 Å². The van der Waals surface area contributed by atoms with E-state index in [-0.39, 0.29) is 25.3 Å². The molecule has 0 rings (SSSR count). The van der Waals surface area contributed by atoms with Crippen LogP contribution in [-0.2, 0) is 14.2 Å². The Balaban J connectivity index is 0. The van der Waals surface area contributed by atoms with Crippen LogP contribution < -0.4 is 0 Å². The van der Waals surface area contributed by atoms with E-state index >= 15 is 0 Å². The van der Waals surface area contributed by atoms with Crippen molar-refractivity contribution in [3.63, 3.8) is 0 Å². The van der Waals surface area contributed by atoms with Crippen LogP contribution in [0.2, 0.25) is 0 Å². The summed E-state index contributed by atoms with van der Waals surface area (Å²) in [5, 5.41) is 8.37. The molecule has 5 nitrogen and oxygen atoms in total. The van der Waals surface area contributed by atoms with Crippen molar-refractivity contribution in [3.05, 3.63) is 0 Å². The summed E-state index contributed by atoms with van der Waals surface area (Å²) in [5.74, 6) is -2.05. The van der Waals surface area contributed by atoms with Gasteiger partial charge in [0.25, 0.3) is 7.37 Å². The Labute approximate surface area is 88.1 Å². The second-order valence-corrected chi connectivity index (χ2v) is 4.97. The van der Waals surface area contributed by atoms with Gasteiger partial charge in [-0.15, -0.1) is 0 Å². The number of hydrogen-bond acceptors (Lipinski definition) is 3. The molecule has 0 bridgehead atoms. The molecular formula is C6H12LiO5P. The molecule has 2 N–H and O–H groups in total. The quantitative estimate of drug-likeness (QED) is 0.489. The maximum atomic E-state index is 10.8. The number of aliphatic carboxylic acids is 1. The summed E-state index contributed by atoms with van der Waals surface area (Å²) in [4.78, 5) is 29.8. The van der Waals surface area contributed by atoms with Crippen LogP contribution in [0, 0.1) is 5.92 Å². The van der Waals surface area contributed by atoms with E-state index in [1.54, 1.807) is 0 Å². The van der Waals surface area contributed by atoms with Gasteiger partial charge in [0.1, 0.15) is 0 Å². The second-order valence-electron chi connectivity index (χ2n) is 2.72. The Bertz CT molecular complexity index is 245. The van der Waals surface area contributed by atoms with Crippen LogP contribution in [0.1, 0.15) is 13.3 Å². The van der Waals surface area contributed by atoms with Gasteiger partial charge in [-0.3, -0.25) is 14.2 Å². The molecule has 72 valence electrons. The molecule has 7 heteroatoms. The van der Waals surface area contributed by atoms with Gasteiger partial charge >= 0.3 is 24.8 Å². The van der Waals surface area contributed by atoms with Crippen LogP contribution in [0.4, 0.5) is 0 Å². The van der Waals surface area contributed by atoms with Crippen LogP contribution in [0.3, 0.4) is 0 Å². The topological polar surface area (TPSA) is 91.7 Å². The molecular weight excluding hydrogens is 190 g/mol. The fraction of sp³-hybridized carbons (Fsp3) is 0.667. The Morgan fingerprint density at radius 3 is 2.08 bits per heavy atom. The van der Waals surface area contributed by atoms with Crippen LogP contribution in [0.25, 0.3) is 0 Å². The van der Waals surface area contributed by atoms with Gasteiger partial charge in [0, 0.05) is 13.1 Å². The monoisotopic (exact) mass is 202 g/mol. The Morgan fingerprint density at radius 1 is 1.46 bits per heavy atom. The SMILES string of the molecule is CC(CC(=O)P(C)(=O)O)C(=O)O.[LiH]. The Kier molecular flexibility index (Phi) is 6.65. The molecule has 0 heterocycles.